The average molecular weight is 743 g/mol. The SMILES string of the molecule is COC(=O)NC(C)(C)C(=O)NC(c1nc(-c2ccc(-c3ccc(-c4c[nH]c(C(NC(=O)C(C)(C)NC(=O)OC)C(C)(C)C)n4)cc3)cc2)c[nH]1)C(C)(C)C. The lowest BCUT2D eigenvalue weighted by atomic mass is 9.85. The zero-order chi connectivity index (χ0) is 40.2. The number of amides is 4. The van der Waals surface area contributed by atoms with Gasteiger partial charge in [0.1, 0.15) is 22.7 Å². The Morgan fingerprint density at radius 3 is 1.11 bits per heavy atom. The van der Waals surface area contributed by atoms with Gasteiger partial charge in [0.05, 0.1) is 37.7 Å². The molecule has 2 aromatic heterocycles. The van der Waals surface area contributed by atoms with Gasteiger partial charge in [-0.3, -0.25) is 9.59 Å². The van der Waals surface area contributed by atoms with Crippen LogP contribution in [-0.4, -0.2) is 69.2 Å². The summed E-state index contributed by atoms with van der Waals surface area (Å²) in [5.74, 6) is 0.443. The highest BCUT2D eigenvalue weighted by atomic mass is 16.5. The molecule has 0 fully saturated rings. The summed E-state index contributed by atoms with van der Waals surface area (Å²) in [5, 5.41) is 11.2. The molecular formula is C40H54N8O6. The molecule has 2 heterocycles. The third-order valence-electron chi connectivity index (χ3n) is 9.06. The smallest absolute Gasteiger partial charge is 0.407 e. The minimum absolute atomic E-state index is 0.373. The van der Waals surface area contributed by atoms with Crippen molar-refractivity contribution in [3.63, 3.8) is 0 Å². The number of H-pyrrole nitrogens is 2. The molecule has 2 atom stereocenters. The van der Waals surface area contributed by atoms with Gasteiger partial charge in [0.25, 0.3) is 0 Å². The van der Waals surface area contributed by atoms with Crippen molar-refractivity contribution in [3.8, 4) is 33.6 Å². The number of benzene rings is 2. The van der Waals surface area contributed by atoms with Crippen molar-refractivity contribution in [2.75, 3.05) is 14.2 Å². The predicted molar refractivity (Wildman–Crippen MR) is 207 cm³/mol. The molecule has 0 aliphatic rings. The van der Waals surface area contributed by atoms with Crippen LogP contribution in [0.3, 0.4) is 0 Å². The van der Waals surface area contributed by atoms with E-state index in [4.69, 9.17) is 9.97 Å². The molecule has 290 valence electrons. The third kappa shape index (κ3) is 9.85. The largest absolute Gasteiger partial charge is 0.453 e. The molecule has 0 saturated heterocycles. The maximum Gasteiger partial charge on any atom is 0.407 e. The second-order valence-corrected chi connectivity index (χ2v) is 16.5. The van der Waals surface area contributed by atoms with Crippen LogP contribution in [0.4, 0.5) is 9.59 Å². The molecule has 0 aliphatic carbocycles. The lowest BCUT2D eigenvalue weighted by molar-refractivity contribution is -0.128. The molecule has 2 unspecified atom stereocenters. The number of aromatic nitrogens is 4. The summed E-state index contributed by atoms with van der Waals surface area (Å²) in [6.45, 7) is 18.5. The molecule has 0 spiro atoms. The lowest BCUT2D eigenvalue weighted by Crippen LogP contribution is -2.56. The van der Waals surface area contributed by atoms with E-state index < -0.39 is 46.2 Å². The summed E-state index contributed by atoms with van der Waals surface area (Å²) >= 11 is 0. The highest BCUT2D eigenvalue weighted by Gasteiger charge is 2.38. The van der Waals surface area contributed by atoms with E-state index in [1.165, 1.54) is 14.2 Å². The van der Waals surface area contributed by atoms with Gasteiger partial charge >= 0.3 is 12.2 Å². The summed E-state index contributed by atoms with van der Waals surface area (Å²) in [7, 11) is 2.50. The first kappa shape index (κ1) is 41.1. The quantitative estimate of drug-likeness (QED) is 0.0965. The fourth-order valence-corrected chi connectivity index (χ4v) is 5.67. The number of rotatable bonds is 11. The number of carbonyl (C=O) groups is 4. The van der Waals surface area contributed by atoms with Crippen LogP contribution in [0.25, 0.3) is 33.6 Å². The van der Waals surface area contributed by atoms with E-state index in [0.29, 0.717) is 11.6 Å². The van der Waals surface area contributed by atoms with Gasteiger partial charge in [0.2, 0.25) is 11.8 Å². The van der Waals surface area contributed by atoms with Crippen molar-refractivity contribution in [1.82, 2.24) is 41.2 Å². The van der Waals surface area contributed by atoms with E-state index in [-0.39, 0.29) is 11.8 Å². The van der Waals surface area contributed by atoms with Crippen LogP contribution in [0.15, 0.2) is 60.9 Å². The molecule has 4 aromatic rings. The maximum atomic E-state index is 13.2. The zero-order valence-electron chi connectivity index (χ0n) is 33.3. The molecule has 0 saturated carbocycles. The number of hydrogen-bond donors (Lipinski definition) is 6. The van der Waals surface area contributed by atoms with Crippen LogP contribution in [-0.2, 0) is 19.1 Å². The Bertz CT molecular complexity index is 1810. The van der Waals surface area contributed by atoms with E-state index in [9.17, 15) is 19.2 Å². The second kappa shape index (κ2) is 15.7. The molecule has 6 N–H and O–H groups in total. The van der Waals surface area contributed by atoms with Crippen LogP contribution in [0.5, 0.6) is 0 Å². The van der Waals surface area contributed by atoms with Crippen molar-refractivity contribution in [2.45, 2.75) is 92.4 Å². The number of aromatic amines is 2. The summed E-state index contributed by atoms with van der Waals surface area (Å²) in [5.41, 5.74) is 2.08. The van der Waals surface area contributed by atoms with Gasteiger partial charge < -0.3 is 40.7 Å². The van der Waals surface area contributed by atoms with Crippen LogP contribution in [0.1, 0.15) is 93.0 Å². The Labute approximate surface area is 317 Å². The molecule has 4 rings (SSSR count). The molecule has 0 bridgehead atoms. The van der Waals surface area contributed by atoms with Crippen LogP contribution >= 0.6 is 0 Å². The highest BCUT2D eigenvalue weighted by molar-refractivity contribution is 5.90. The van der Waals surface area contributed by atoms with Crippen molar-refractivity contribution >= 4 is 24.0 Å². The fraction of sp³-hybridized carbons (Fsp3) is 0.450. The Morgan fingerprint density at radius 1 is 0.537 bits per heavy atom. The van der Waals surface area contributed by atoms with E-state index in [2.05, 4.69) is 40.7 Å². The van der Waals surface area contributed by atoms with Gasteiger partial charge in [0, 0.05) is 23.5 Å². The van der Waals surface area contributed by atoms with Gasteiger partial charge in [-0.2, -0.15) is 0 Å². The Balaban J connectivity index is 1.48. The van der Waals surface area contributed by atoms with Crippen LogP contribution in [0.2, 0.25) is 0 Å². The number of nitrogens with one attached hydrogen (secondary N) is 6. The normalized spacial score (nSPS) is 13.3. The molecule has 54 heavy (non-hydrogen) atoms. The minimum Gasteiger partial charge on any atom is -0.453 e. The number of imidazole rings is 2. The first-order valence-corrected chi connectivity index (χ1v) is 17.7. The first-order chi connectivity index (χ1) is 25.1. The number of carbonyl (C=O) groups excluding carboxylic acids is 4. The molecule has 4 amide bonds. The number of methoxy groups -OCH3 is 2. The number of nitrogens with zero attached hydrogens (tertiary/aromatic N) is 2. The van der Waals surface area contributed by atoms with Gasteiger partial charge in [-0.15, -0.1) is 0 Å². The Morgan fingerprint density at radius 2 is 0.833 bits per heavy atom. The third-order valence-corrected chi connectivity index (χ3v) is 9.06. The van der Waals surface area contributed by atoms with E-state index in [0.717, 1.165) is 33.6 Å². The Kier molecular flexibility index (Phi) is 12.0. The summed E-state index contributed by atoms with van der Waals surface area (Å²) < 4.78 is 9.35. The van der Waals surface area contributed by atoms with E-state index >= 15 is 0 Å². The van der Waals surface area contributed by atoms with E-state index in [1.807, 2.05) is 102 Å². The van der Waals surface area contributed by atoms with Gasteiger partial charge in [0.15, 0.2) is 0 Å². The van der Waals surface area contributed by atoms with Crippen molar-refractivity contribution in [2.24, 2.45) is 10.8 Å². The molecular weight excluding hydrogens is 688 g/mol. The average Bonchev–Trinajstić information content (AvgIpc) is 3.79. The van der Waals surface area contributed by atoms with Crippen molar-refractivity contribution in [3.05, 3.63) is 72.6 Å². The molecule has 14 nitrogen and oxygen atoms in total. The topological polar surface area (TPSA) is 192 Å². The number of ether oxygens (including phenoxy) is 2. The van der Waals surface area contributed by atoms with E-state index in [1.54, 1.807) is 27.7 Å². The standard InChI is InChI=1S/C40H54N8O6/c1-37(2,3)29(45-33(49)39(7,8)47-35(51)53-11)31-41-21-27(43-31)25-17-13-23(14-18-25)24-15-19-26(20-16-24)28-22-42-32(44-28)30(38(4,5)6)46-34(50)40(9,10)48-36(52)54-12/h13-22,29-30H,1-12H3,(H,41,43)(H,42,44)(H,45,49)(H,46,50)(H,47,51)(H,48,52). The van der Waals surface area contributed by atoms with Crippen molar-refractivity contribution < 1.29 is 28.7 Å². The van der Waals surface area contributed by atoms with Crippen LogP contribution in [0, 0.1) is 10.8 Å². The summed E-state index contributed by atoms with van der Waals surface area (Å²) in [6, 6.07) is 15.2. The lowest BCUT2D eigenvalue weighted by Gasteiger charge is -2.33. The zero-order valence-corrected chi connectivity index (χ0v) is 33.3. The molecule has 14 heteroatoms. The fourth-order valence-electron chi connectivity index (χ4n) is 5.67. The highest BCUT2D eigenvalue weighted by Crippen LogP contribution is 2.35. The van der Waals surface area contributed by atoms with Crippen LogP contribution < -0.4 is 21.3 Å². The molecule has 2 aromatic carbocycles. The minimum atomic E-state index is -1.21. The number of hydrogen-bond acceptors (Lipinski definition) is 8. The second-order valence-electron chi connectivity index (χ2n) is 16.5. The summed E-state index contributed by atoms with van der Waals surface area (Å²) in [4.78, 5) is 66.2. The first-order valence-electron chi connectivity index (χ1n) is 17.7. The predicted octanol–water partition coefficient (Wildman–Crippen LogP) is 6.81. The van der Waals surface area contributed by atoms with Gasteiger partial charge in [-0.05, 0) is 49.7 Å². The van der Waals surface area contributed by atoms with Gasteiger partial charge in [-0.25, -0.2) is 19.6 Å². The number of alkyl carbamates (subject to hydrolysis) is 2. The van der Waals surface area contributed by atoms with Gasteiger partial charge in [-0.1, -0.05) is 90.1 Å². The monoisotopic (exact) mass is 742 g/mol. The molecule has 0 radical (unpaired) electrons. The maximum absolute atomic E-state index is 13.2. The summed E-state index contributed by atoms with van der Waals surface area (Å²) in [6.07, 6.45) is 2.24. The Hall–Kier alpha value is -5.66. The van der Waals surface area contributed by atoms with Crippen molar-refractivity contribution in [1.29, 1.82) is 0 Å². The molecule has 0 aliphatic heterocycles.